The maximum Gasteiger partial charge on any atom is 0.357 e. The Morgan fingerprint density at radius 3 is 2.56 bits per heavy atom. The molecular weight excluding hydrogens is 469 g/mol. The summed E-state index contributed by atoms with van der Waals surface area (Å²) in [7, 11) is 4.51. The summed E-state index contributed by atoms with van der Waals surface area (Å²) in [4.78, 5) is 27.4. The fraction of sp³-hybridized carbons (Fsp3) is 0.267. The number of halogens is 1. The van der Waals surface area contributed by atoms with Gasteiger partial charge in [0, 0.05) is 31.9 Å². The van der Waals surface area contributed by atoms with Crippen LogP contribution in [-0.4, -0.2) is 47.8 Å². The third kappa shape index (κ3) is 3.15. The third-order valence-electron chi connectivity index (χ3n) is 3.93. The molecule has 0 fully saturated rings. The van der Waals surface area contributed by atoms with Crippen molar-refractivity contribution >= 4 is 34.2 Å². The van der Waals surface area contributed by atoms with Gasteiger partial charge in [0.2, 0.25) is 0 Å². The molecule has 0 aliphatic rings. The Kier molecular flexibility index (Phi) is 4.91. The van der Waals surface area contributed by atoms with Crippen molar-refractivity contribution < 1.29 is 14.5 Å². The van der Waals surface area contributed by atoms with Crippen molar-refractivity contribution in [2.45, 2.75) is 6.92 Å². The summed E-state index contributed by atoms with van der Waals surface area (Å²) in [6, 6.07) is 1.40. The molecule has 0 aromatic carbocycles. The van der Waals surface area contributed by atoms with Crippen LogP contribution in [0.1, 0.15) is 16.2 Å². The van der Waals surface area contributed by atoms with Crippen molar-refractivity contribution in [3.8, 4) is 22.6 Å². The van der Waals surface area contributed by atoms with Crippen LogP contribution < -0.4 is 0 Å². The fourth-order valence-electron chi connectivity index (χ4n) is 2.73. The van der Waals surface area contributed by atoms with Crippen molar-refractivity contribution in [2.24, 2.45) is 14.1 Å². The quantitative estimate of drug-likeness (QED) is 0.238. The van der Waals surface area contributed by atoms with Gasteiger partial charge >= 0.3 is 5.97 Å². The summed E-state index contributed by atoms with van der Waals surface area (Å²) >= 11 is 1.90. The van der Waals surface area contributed by atoms with Crippen LogP contribution in [0.5, 0.6) is 0 Å². The summed E-state index contributed by atoms with van der Waals surface area (Å²) in [5.74, 6) is -0.587. The Hall–Kier alpha value is -2.90. The van der Waals surface area contributed by atoms with Crippen LogP contribution >= 0.6 is 22.6 Å². The number of nitro groups is 1. The lowest BCUT2D eigenvalue weighted by Crippen LogP contribution is -2.09. The van der Waals surface area contributed by atoms with Crippen LogP contribution in [-0.2, 0) is 18.8 Å². The zero-order chi connectivity index (χ0) is 19.9. The summed E-state index contributed by atoms with van der Waals surface area (Å²) in [5, 5.41) is 23.8. The number of carbonyl (C=O) groups excluding carboxylic acids is 1. The van der Waals surface area contributed by atoms with Crippen LogP contribution in [0.2, 0.25) is 0 Å². The Balaban J connectivity index is 2.21. The smallest absolute Gasteiger partial charge is 0.357 e. The molecule has 0 amide bonds. The van der Waals surface area contributed by atoms with Gasteiger partial charge in [-0.05, 0) is 29.5 Å². The molecule has 0 aliphatic heterocycles. The number of hydrogen-bond donors (Lipinski definition) is 0. The zero-order valence-corrected chi connectivity index (χ0v) is 17.0. The molecule has 3 aromatic heterocycles. The Morgan fingerprint density at radius 2 is 2.00 bits per heavy atom. The largest absolute Gasteiger partial charge is 0.464 e. The van der Waals surface area contributed by atoms with Gasteiger partial charge < -0.3 is 4.74 Å². The second-order valence-corrected chi connectivity index (χ2v) is 6.70. The SMILES string of the molecule is COC(=O)c1c(I)c(-c2ncc(-c3c(C)nnn3C)cc2[N+](=O)[O-])nn1C. The molecule has 3 aromatic rings. The van der Waals surface area contributed by atoms with E-state index < -0.39 is 10.9 Å². The number of aromatic nitrogens is 6. The highest BCUT2D eigenvalue weighted by Gasteiger charge is 2.28. The molecule has 27 heavy (non-hydrogen) atoms. The van der Waals surface area contributed by atoms with Gasteiger partial charge in [-0.1, -0.05) is 5.21 Å². The molecule has 12 heteroatoms. The summed E-state index contributed by atoms with van der Waals surface area (Å²) in [6.45, 7) is 1.76. The third-order valence-corrected chi connectivity index (χ3v) is 4.95. The van der Waals surface area contributed by atoms with Gasteiger partial charge in [0.05, 0.1) is 27.0 Å². The van der Waals surface area contributed by atoms with E-state index in [1.54, 1.807) is 21.0 Å². The lowest BCUT2D eigenvalue weighted by molar-refractivity contribution is -0.384. The highest BCUT2D eigenvalue weighted by Crippen LogP contribution is 2.35. The number of nitrogens with zero attached hydrogens (tertiary/aromatic N) is 7. The van der Waals surface area contributed by atoms with Gasteiger partial charge in [-0.25, -0.2) is 14.5 Å². The predicted octanol–water partition coefficient (Wildman–Crippen LogP) is 1.89. The van der Waals surface area contributed by atoms with Crippen molar-refractivity contribution in [1.29, 1.82) is 0 Å². The molecule has 140 valence electrons. The van der Waals surface area contributed by atoms with Crippen LogP contribution in [0.25, 0.3) is 22.6 Å². The van der Waals surface area contributed by atoms with Gasteiger partial charge in [-0.3, -0.25) is 14.8 Å². The number of hydrogen-bond acceptors (Lipinski definition) is 8. The van der Waals surface area contributed by atoms with E-state index >= 15 is 0 Å². The number of methoxy groups -OCH3 is 1. The Morgan fingerprint density at radius 1 is 1.30 bits per heavy atom. The molecule has 0 saturated carbocycles. The van der Waals surface area contributed by atoms with Crippen LogP contribution in [0.3, 0.4) is 0 Å². The first-order chi connectivity index (χ1) is 12.8. The topological polar surface area (TPSA) is 131 Å². The van der Waals surface area contributed by atoms with Crippen LogP contribution in [0, 0.1) is 20.6 Å². The molecule has 3 heterocycles. The van der Waals surface area contributed by atoms with Crippen molar-refractivity contribution in [3.05, 3.63) is 37.3 Å². The standard InChI is InChI=1S/C15H14IN7O4/c1-7-13(22(3)20-18-7)8-5-9(23(25)26)11(17-6-8)12-10(16)14(15(24)27-4)21(2)19-12/h5-6H,1-4H3. The number of rotatable bonds is 4. The number of ether oxygens (including phenoxy) is 1. The number of carbonyl (C=O) groups is 1. The first-order valence-corrected chi connectivity index (χ1v) is 8.66. The number of esters is 1. The molecule has 0 N–H and O–H groups in total. The normalized spacial score (nSPS) is 10.9. The molecule has 3 rings (SSSR count). The molecular formula is C15H14IN7O4. The van der Waals surface area contributed by atoms with E-state index in [0.717, 1.165) is 0 Å². The van der Waals surface area contributed by atoms with Gasteiger partial charge in [0.15, 0.2) is 11.4 Å². The van der Waals surface area contributed by atoms with E-state index in [0.29, 0.717) is 20.5 Å². The van der Waals surface area contributed by atoms with E-state index in [1.165, 1.54) is 28.7 Å². The minimum absolute atomic E-state index is 0.0617. The molecule has 0 spiro atoms. The summed E-state index contributed by atoms with van der Waals surface area (Å²) in [5.41, 5.74) is 2.02. The first kappa shape index (κ1) is 18.9. The second-order valence-electron chi connectivity index (χ2n) is 5.62. The highest BCUT2D eigenvalue weighted by atomic mass is 127. The Bertz CT molecular complexity index is 1050. The average molecular weight is 483 g/mol. The molecule has 0 saturated heterocycles. The lowest BCUT2D eigenvalue weighted by Gasteiger charge is -2.05. The van der Waals surface area contributed by atoms with Crippen molar-refractivity contribution in [2.75, 3.05) is 7.11 Å². The zero-order valence-electron chi connectivity index (χ0n) is 14.8. The monoisotopic (exact) mass is 483 g/mol. The van der Waals surface area contributed by atoms with Crippen LogP contribution in [0.15, 0.2) is 12.3 Å². The average Bonchev–Trinajstić information content (AvgIpc) is 3.12. The molecule has 11 nitrogen and oxygen atoms in total. The predicted molar refractivity (Wildman–Crippen MR) is 102 cm³/mol. The van der Waals surface area contributed by atoms with E-state index in [4.69, 9.17) is 4.74 Å². The summed E-state index contributed by atoms with van der Waals surface area (Å²) in [6.07, 6.45) is 1.50. The van der Waals surface area contributed by atoms with E-state index in [9.17, 15) is 14.9 Å². The number of pyridine rings is 1. The van der Waals surface area contributed by atoms with Gasteiger partial charge in [-0.2, -0.15) is 5.10 Å². The van der Waals surface area contributed by atoms with Crippen molar-refractivity contribution in [1.82, 2.24) is 29.8 Å². The molecule has 0 atom stereocenters. The Labute approximate surface area is 166 Å². The number of aryl methyl sites for hydroxylation is 3. The van der Waals surface area contributed by atoms with Gasteiger partial charge in [0.25, 0.3) is 5.69 Å². The maximum absolute atomic E-state index is 11.9. The first-order valence-electron chi connectivity index (χ1n) is 7.58. The molecule has 0 radical (unpaired) electrons. The van der Waals surface area contributed by atoms with Gasteiger partial charge in [-0.15, -0.1) is 5.10 Å². The van der Waals surface area contributed by atoms with Crippen molar-refractivity contribution in [3.63, 3.8) is 0 Å². The fourth-order valence-corrected chi connectivity index (χ4v) is 3.66. The lowest BCUT2D eigenvalue weighted by atomic mass is 10.1. The highest BCUT2D eigenvalue weighted by molar-refractivity contribution is 14.1. The second kappa shape index (κ2) is 7.02. The molecule has 0 aliphatic carbocycles. The van der Waals surface area contributed by atoms with E-state index in [1.807, 2.05) is 22.6 Å². The van der Waals surface area contributed by atoms with Crippen LogP contribution in [0.4, 0.5) is 5.69 Å². The minimum Gasteiger partial charge on any atom is -0.464 e. The summed E-state index contributed by atoms with van der Waals surface area (Å²) < 4.78 is 8.00. The van der Waals surface area contributed by atoms with Gasteiger partial charge in [0.1, 0.15) is 5.69 Å². The molecule has 0 bridgehead atoms. The van der Waals surface area contributed by atoms with E-state index in [2.05, 4.69) is 20.4 Å². The van der Waals surface area contributed by atoms with E-state index in [-0.39, 0.29) is 22.8 Å². The minimum atomic E-state index is -0.587. The maximum atomic E-state index is 11.9. The molecule has 0 unspecified atom stereocenters.